The number of azo groups is 1. The van der Waals surface area contributed by atoms with Gasteiger partial charge in [0.05, 0.1) is 22.5 Å². The summed E-state index contributed by atoms with van der Waals surface area (Å²) < 4.78 is 11.3. The molecule has 34 heavy (non-hydrogen) atoms. The molecule has 2 fully saturated rings. The molecule has 0 N–H and O–H groups in total. The number of hydrogen-bond donors (Lipinski definition) is 0. The number of esters is 2. The molecule has 2 aromatic rings. The summed E-state index contributed by atoms with van der Waals surface area (Å²) in [4.78, 5) is 24.8. The van der Waals surface area contributed by atoms with Gasteiger partial charge in [-0.1, -0.05) is 13.8 Å². The normalized spacial score (nSPS) is 25.1. The van der Waals surface area contributed by atoms with Crippen LogP contribution in [0.3, 0.4) is 0 Å². The van der Waals surface area contributed by atoms with E-state index in [0.717, 1.165) is 63.2 Å². The first kappa shape index (κ1) is 24.1. The Morgan fingerprint density at radius 3 is 1.24 bits per heavy atom. The molecule has 2 aliphatic rings. The summed E-state index contributed by atoms with van der Waals surface area (Å²) in [5, 5.41) is 8.47. The van der Waals surface area contributed by atoms with Crippen LogP contribution in [0.2, 0.25) is 0 Å². The van der Waals surface area contributed by atoms with Crippen molar-refractivity contribution in [2.24, 2.45) is 22.1 Å². The Morgan fingerprint density at radius 2 is 0.912 bits per heavy atom. The lowest BCUT2D eigenvalue weighted by Crippen LogP contribution is -2.23. The number of nitrogens with zero attached hydrogens (tertiary/aromatic N) is 2. The maximum atomic E-state index is 12.4. The van der Waals surface area contributed by atoms with Gasteiger partial charge in [-0.25, -0.2) is 9.59 Å². The van der Waals surface area contributed by atoms with E-state index in [1.54, 1.807) is 48.5 Å². The fourth-order valence-electron chi connectivity index (χ4n) is 4.58. The third-order valence-electron chi connectivity index (χ3n) is 6.96. The molecular formula is C28H34N2O4. The lowest BCUT2D eigenvalue weighted by atomic mass is 9.89. The molecule has 2 aromatic carbocycles. The van der Waals surface area contributed by atoms with E-state index in [1.807, 2.05) is 0 Å². The largest absolute Gasteiger partial charge is 0.459 e. The van der Waals surface area contributed by atoms with Gasteiger partial charge in [-0.15, -0.1) is 0 Å². The second-order valence-corrected chi connectivity index (χ2v) is 9.87. The molecule has 2 saturated carbocycles. The second kappa shape index (κ2) is 11.4. The standard InChI is InChI=1S/C28H34N2O4/c1-19-3-15-25(16-4-19)33-27(31)21-7-11-23(12-8-21)29-30-24-13-9-22(10-14-24)28(32)34-26-17-5-20(2)6-18-26/h7-14,19-20,25-26H,3-6,15-18H2,1-2H3. The minimum Gasteiger partial charge on any atom is -0.459 e. The van der Waals surface area contributed by atoms with Crippen LogP contribution in [0.1, 0.15) is 85.9 Å². The van der Waals surface area contributed by atoms with Gasteiger partial charge in [-0.3, -0.25) is 0 Å². The molecule has 0 heterocycles. The Kier molecular flexibility index (Phi) is 8.09. The van der Waals surface area contributed by atoms with Crippen molar-refractivity contribution in [3.8, 4) is 0 Å². The van der Waals surface area contributed by atoms with E-state index in [9.17, 15) is 9.59 Å². The number of rotatable bonds is 6. The summed E-state index contributed by atoms with van der Waals surface area (Å²) in [7, 11) is 0. The molecule has 0 aromatic heterocycles. The number of ether oxygens (including phenoxy) is 2. The van der Waals surface area contributed by atoms with Crippen molar-refractivity contribution < 1.29 is 19.1 Å². The Morgan fingerprint density at radius 1 is 0.588 bits per heavy atom. The van der Waals surface area contributed by atoms with Gasteiger partial charge in [0.25, 0.3) is 0 Å². The van der Waals surface area contributed by atoms with Gasteiger partial charge >= 0.3 is 11.9 Å². The quantitative estimate of drug-likeness (QED) is 0.327. The van der Waals surface area contributed by atoms with Gasteiger partial charge in [0.2, 0.25) is 0 Å². The highest BCUT2D eigenvalue weighted by molar-refractivity contribution is 5.90. The van der Waals surface area contributed by atoms with E-state index in [1.165, 1.54) is 0 Å². The lowest BCUT2D eigenvalue weighted by Gasteiger charge is -2.25. The molecule has 0 saturated heterocycles. The highest BCUT2D eigenvalue weighted by atomic mass is 16.5. The molecule has 180 valence electrons. The molecule has 6 nitrogen and oxygen atoms in total. The van der Waals surface area contributed by atoms with Crippen LogP contribution < -0.4 is 0 Å². The van der Waals surface area contributed by atoms with Crippen molar-refractivity contribution in [1.29, 1.82) is 0 Å². The van der Waals surface area contributed by atoms with E-state index in [0.29, 0.717) is 22.5 Å². The number of carbonyl (C=O) groups is 2. The maximum Gasteiger partial charge on any atom is 0.338 e. The zero-order chi connectivity index (χ0) is 23.9. The Hall–Kier alpha value is -3.02. The van der Waals surface area contributed by atoms with Crippen molar-refractivity contribution in [1.82, 2.24) is 0 Å². The van der Waals surface area contributed by atoms with E-state index >= 15 is 0 Å². The highest BCUT2D eigenvalue weighted by Crippen LogP contribution is 2.28. The van der Waals surface area contributed by atoms with Gasteiger partial charge in [-0.2, -0.15) is 10.2 Å². The fourth-order valence-corrected chi connectivity index (χ4v) is 4.58. The summed E-state index contributed by atoms with van der Waals surface area (Å²) in [5.74, 6) is 0.867. The van der Waals surface area contributed by atoms with E-state index < -0.39 is 0 Å². The van der Waals surface area contributed by atoms with Gasteiger partial charge in [0.15, 0.2) is 0 Å². The number of carbonyl (C=O) groups excluding carboxylic acids is 2. The van der Waals surface area contributed by atoms with Crippen LogP contribution in [-0.2, 0) is 9.47 Å². The van der Waals surface area contributed by atoms with Crippen LogP contribution in [0.4, 0.5) is 11.4 Å². The summed E-state index contributed by atoms with van der Waals surface area (Å²) in [6.45, 7) is 4.48. The third-order valence-corrected chi connectivity index (χ3v) is 6.96. The molecule has 0 spiro atoms. The summed E-state index contributed by atoms with van der Waals surface area (Å²) in [6.07, 6.45) is 8.25. The first-order chi connectivity index (χ1) is 16.5. The zero-order valence-electron chi connectivity index (χ0n) is 20.1. The molecule has 0 radical (unpaired) electrons. The van der Waals surface area contributed by atoms with Crippen LogP contribution in [0.15, 0.2) is 58.8 Å². The molecule has 0 bridgehead atoms. The predicted molar refractivity (Wildman–Crippen MR) is 131 cm³/mol. The number of hydrogen-bond acceptors (Lipinski definition) is 6. The summed E-state index contributed by atoms with van der Waals surface area (Å²) in [6, 6.07) is 13.9. The highest BCUT2D eigenvalue weighted by Gasteiger charge is 2.23. The van der Waals surface area contributed by atoms with Crippen LogP contribution in [0.25, 0.3) is 0 Å². The van der Waals surface area contributed by atoms with E-state index in [2.05, 4.69) is 24.1 Å². The fraction of sp³-hybridized carbons (Fsp3) is 0.500. The SMILES string of the molecule is CC1CCC(OC(=O)c2ccc(N=Nc3ccc(C(=O)OC4CCC(C)CC4)cc3)cc2)CC1. The van der Waals surface area contributed by atoms with Crippen LogP contribution in [0, 0.1) is 11.8 Å². The Labute approximate surface area is 201 Å². The number of benzene rings is 2. The summed E-state index contributed by atoms with van der Waals surface area (Å²) >= 11 is 0. The molecule has 6 heteroatoms. The molecular weight excluding hydrogens is 428 g/mol. The van der Waals surface area contributed by atoms with E-state index in [-0.39, 0.29) is 24.1 Å². The van der Waals surface area contributed by atoms with E-state index in [4.69, 9.17) is 9.47 Å². The minimum absolute atomic E-state index is 0.0229. The average molecular weight is 463 g/mol. The monoisotopic (exact) mass is 462 g/mol. The van der Waals surface area contributed by atoms with Crippen molar-refractivity contribution in [3.05, 3.63) is 59.7 Å². The Balaban J connectivity index is 1.27. The summed E-state index contributed by atoms with van der Waals surface area (Å²) in [5.41, 5.74) is 2.32. The molecule has 0 unspecified atom stereocenters. The molecule has 0 amide bonds. The first-order valence-corrected chi connectivity index (χ1v) is 12.5. The lowest BCUT2D eigenvalue weighted by molar-refractivity contribution is 0.0165. The van der Waals surface area contributed by atoms with Gasteiger partial charge in [0, 0.05) is 0 Å². The average Bonchev–Trinajstić information content (AvgIpc) is 2.86. The topological polar surface area (TPSA) is 77.3 Å². The van der Waals surface area contributed by atoms with Crippen molar-refractivity contribution in [3.63, 3.8) is 0 Å². The van der Waals surface area contributed by atoms with Crippen molar-refractivity contribution in [2.75, 3.05) is 0 Å². The molecule has 4 rings (SSSR count). The van der Waals surface area contributed by atoms with Gasteiger partial charge < -0.3 is 9.47 Å². The molecule has 0 atom stereocenters. The first-order valence-electron chi connectivity index (χ1n) is 12.5. The molecule has 0 aliphatic heterocycles. The predicted octanol–water partition coefficient (Wildman–Crippen LogP) is 7.57. The smallest absolute Gasteiger partial charge is 0.338 e. The van der Waals surface area contributed by atoms with Crippen LogP contribution in [-0.4, -0.2) is 24.1 Å². The van der Waals surface area contributed by atoms with Crippen molar-refractivity contribution in [2.45, 2.75) is 77.4 Å². The van der Waals surface area contributed by atoms with Crippen LogP contribution >= 0.6 is 0 Å². The molecule has 2 aliphatic carbocycles. The minimum atomic E-state index is -0.284. The maximum absolute atomic E-state index is 12.4. The zero-order valence-corrected chi connectivity index (χ0v) is 20.1. The van der Waals surface area contributed by atoms with Crippen LogP contribution in [0.5, 0.6) is 0 Å². The second-order valence-electron chi connectivity index (χ2n) is 9.87. The third kappa shape index (κ3) is 6.75. The Bertz CT molecular complexity index is 903. The van der Waals surface area contributed by atoms with Gasteiger partial charge in [-0.05, 0) is 112 Å². The van der Waals surface area contributed by atoms with Gasteiger partial charge in [0.1, 0.15) is 12.2 Å². The van der Waals surface area contributed by atoms with Crippen molar-refractivity contribution >= 4 is 23.3 Å².